The maximum absolute atomic E-state index is 11.9. The highest BCUT2D eigenvalue weighted by Crippen LogP contribution is 2.64. The Hall–Kier alpha value is -1.27. The molecule has 2 fully saturated rings. The fourth-order valence-corrected chi connectivity index (χ4v) is 2.31. The van der Waals surface area contributed by atoms with Crippen LogP contribution in [0.1, 0.15) is 12.8 Å². The third kappa shape index (κ3) is 1.22. The first-order chi connectivity index (χ1) is 6.80. The number of alkyl halides is 3. The Morgan fingerprint density at radius 2 is 1.73 bits per heavy atom. The first-order valence-electron chi connectivity index (χ1n) is 4.43. The predicted molar refractivity (Wildman–Crippen MR) is 40.8 cm³/mol. The van der Waals surface area contributed by atoms with Crippen molar-refractivity contribution in [3.63, 3.8) is 0 Å². The number of halogens is 3. The van der Waals surface area contributed by atoms with Crippen molar-refractivity contribution in [3.8, 4) is 0 Å². The summed E-state index contributed by atoms with van der Waals surface area (Å²) in [5, 5.41) is 10.4. The van der Waals surface area contributed by atoms with Crippen LogP contribution >= 0.6 is 0 Å². The minimum Gasteiger partial charge on any atom is -0.479 e. The van der Waals surface area contributed by atoms with E-state index in [-0.39, 0.29) is 11.8 Å². The molecule has 0 bridgehead atoms. The third-order valence-corrected chi connectivity index (χ3v) is 3.27. The number of carbonyl (C=O) groups excluding carboxylic acids is 1. The molecule has 84 valence electrons. The van der Waals surface area contributed by atoms with Crippen molar-refractivity contribution >= 4 is 11.9 Å². The van der Waals surface area contributed by atoms with Crippen LogP contribution in [0.25, 0.3) is 0 Å². The van der Waals surface area contributed by atoms with E-state index in [9.17, 15) is 22.8 Å². The van der Waals surface area contributed by atoms with Gasteiger partial charge >= 0.3 is 18.1 Å². The second-order valence-electron chi connectivity index (χ2n) is 3.92. The summed E-state index contributed by atoms with van der Waals surface area (Å²) < 4.78 is 35.8. The average molecular weight is 223 g/mol. The van der Waals surface area contributed by atoms with E-state index >= 15 is 0 Å². The number of aliphatic carboxylic acids is 1. The monoisotopic (exact) mass is 223 g/mol. The topological polar surface area (TPSA) is 66.4 Å². The van der Waals surface area contributed by atoms with Crippen molar-refractivity contribution in [1.82, 2.24) is 5.32 Å². The fourth-order valence-electron chi connectivity index (χ4n) is 2.31. The molecule has 0 aromatic rings. The molecule has 7 heteroatoms. The van der Waals surface area contributed by atoms with Crippen molar-refractivity contribution in [2.75, 3.05) is 0 Å². The standard InChI is InChI=1S/C8H8F3NO3/c9-8(10,11)5(13)12-7(6(14)15)3-1-2-4(3)7/h3-4H,1-2H2,(H,12,13)(H,14,15)/t3-,4+,7?. The highest BCUT2D eigenvalue weighted by molar-refractivity contribution is 5.93. The van der Waals surface area contributed by atoms with E-state index in [0.717, 1.165) is 0 Å². The molecule has 0 radical (unpaired) electrons. The quantitative estimate of drug-likeness (QED) is 0.717. The Morgan fingerprint density at radius 1 is 1.27 bits per heavy atom. The molecule has 0 spiro atoms. The molecule has 1 unspecified atom stereocenters. The van der Waals surface area contributed by atoms with Gasteiger partial charge in [0.1, 0.15) is 5.54 Å². The molecule has 2 N–H and O–H groups in total. The first-order valence-corrected chi connectivity index (χ1v) is 4.43. The Morgan fingerprint density at radius 3 is 2.00 bits per heavy atom. The average Bonchev–Trinajstić information content (AvgIpc) is 2.44. The minimum absolute atomic E-state index is 0.318. The zero-order valence-corrected chi connectivity index (χ0v) is 7.47. The number of rotatable bonds is 2. The van der Waals surface area contributed by atoms with Gasteiger partial charge in [-0.25, -0.2) is 4.79 Å². The molecule has 2 aliphatic carbocycles. The Balaban J connectivity index is 2.11. The van der Waals surface area contributed by atoms with E-state index in [1.165, 1.54) is 0 Å². The number of amides is 1. The molecule has 0 heterocycles. The van der Waals surface area contributed by atoms with Gasteiger partial charge in [-0.3, -0.25) is 4.79 Å². The lowest BCUT2D eigenvalue weighted by atomic mass is 10.0. The maximum Gasteiger partial charge on any atom is 0.471 e. The largest absolute Gasteiger partial charge is 0.479 e. The molecule has 3 atom stereocenters. The number of hydrogen-bond acceptors (Lipinski definition) is 2. The van der Waals surface area contributed by atoms with Gasteiger partial charge in [-0.1, -0.05) is 0 Å². The van der Waals surface area contributed by atoms with E-state index in [1.807, 2.05) is 0 Å². The number of carbonyl (C=O) groups is 2. The molecule has 2 rings (SSSR count). The number of fused-ring (bicyclic) bond motifs is 1. The zero-order valence-electron chi connectivity index (χ0n) is 7.47. The summed E-state index contributed by atoms with van der Waals surface area (Å²) in [6, 6.07) is 0. The van der Waals surface area contributed by atoms with Crippen LogP contribution in [0.5, 0.6) is 0 Å². The van der Waals surface area contributed by atoms with Crippen LogP contribution in [0.2, 0.25) is 0 Å². The predicted octanol–water partition coefficient (Wildman–Crippen LogP) is 0.528. The summed E-state index contributed by atoms with van der Waals surface area (Å²) in [6.45, 7) is 0. The summed E-state index contributed by atoms with van der Waals surface area (Å²) in [5.74, 6) is -4.17. The van der Waals surface area contributed by atoms with E-state index in [1.54, 1.807) is 5.32 Å². The van der Waals surface area contributed by atoms with Gasteiger partial charge in [-0.15, -0.1) is 0 Å². The van der Waals surface area contributed by atoms with Crippen LogP contribution in [0, 0.1) is 11.8 Å². The van der Waals surface area contributed by atoms with Crippen molar-refractivity contribution in [2.24, 2.45) is 11.8 Å². The summed E-state index contributed by atoms with van der Waals surface area (Å²) in [6.07, 6.45) is -3.89. The number of carboxylic acid groups (broad SMARTS) is 1. The van der Waals surface area contributed by atoms with Gasteiger partial charge in [0, 0.05) is 0 Å². The molecular weight excluding hydrogens is 215 g/mol. The minimum atomic E-state index is -5.02. The summed E-state index contributed by atoms with van der Waals surface area (Å²) in [7, 11) is 0. The van der Waals surface area contributed by atoms with Gasteiger partial charge in [0.15, 0.2) is 0 Å². The van der Waals surface area contributed by atoms with Gasteiger partial charge in [0.2, 0.25) is 0 Å². The molecule has 0 aliphatic heterocycles. The molecule has 2 saturated carbocycles. The third-order valence-electron chi connectivity index (χ3n) is 3.27. The lowest BCUT2D eigenvalue weighted by Crippen LogP contribution is -2.50. The van der Waals surface area contributed by atoms with Gasteiger partial charge < -0.3 is 10.4 Å². The van der Waals surface area contributed by atoms with Crippen LogP contribution in [0.4, 0.5) is 13.2 Å². The second-order valence-corrected chi connectivity index (χ2v) is 3.92. The SMILES string of the molecule is O=C(NC1(C(=O)O)[C@@H]2CC[C@@H]21)C(F)(F)F. The van der Waals surface area contributed by atoms with Gasteiger partial charge in [-0.2, -0.15) is 13.2 Å². The maximum atomic E-state index is 11.9. The Bertz CT molecular complexity index is 329. The molecule has 0 aromatic heterocycles. The smallest absolute Gasteiger partial charge is 0.471 e. The van der Waals surface area contributed by atoms with E-state index < -0.39 is 23.6 Å². The van der Waals surface area contributed by atoms with Crippen LogP contribution in [-0.4, -0.2) is 28.7 Å². The van der Waals surface area contributed by atoms with Crippen LogP contribution < -0.4 is 5.32 Å². The van der Waals surface area contributed by atoms with E-state index in [0.29, 0.717) is 12.8 Å². The van der Waals surface area contributed by atoms with Gasteiger partial charge in [0.05, 0.1) is 0 Å². The molecule has 4 nitrogen and oxygen atoms in total. The van der Waals surface area contributed by atoms with Crippen molar-refractivity contribution in [1.29, 1.82) is 0 Å². The van der Waals surface area contributed by atoms with Crippen molar-refractivity contribution in [3.05, 3.63) is 0 Å². The highest BCUT2D eigenvalue weighted by Gasteiger charge is 2.76. The fraction of sp³-hybridized carbons (Fsp3) is 0.750. The molecule has 15 heavy (non-hydrogen) atoms. The van der Waals surface area contributed by atoms with Crippen molar-refractivity contribution < 1.29 is 27.9 Å². The summed E-state index contributed by atoms with van der Waals surface area (Å²) >= 11 is 0. The molecule has 0 aromatic carbocycles. The molecule has 2 aliphatic rings. The van der Waals surface area contributed by atoms with E-state index in [4.69, 9.17) is 5.11 Å². The first kappa shape index (κ1) is 10.3. The normalized spacial score (nSPS) is 37.5. The lowest BCUT2D eigenvalue weighted by Gasteiger charge is -2.14. The van der Waals surface area contributed by atoms with Gasteiger partial charge in [0.25, 0.3) is 0 Å². The number of nitrogens with one attached hydrogen (secondary N) is 1. The molecular formula is C8H8F3NO3. The molecule has 1 amide bonds. The Kier molecular flexibility index (Phi) is 1.81. The zero-order chi connectivity index (χ0) is 11.4. The number of carboxylic acids is 1. The van der Waals surface area contributed by atoms with Crippen molar-refractivity contribution in [2.45, 2.75) is 24.6 Å². The second kappa shape index (κ2) is 2.65. The summed E-state index contributed by atoms with van der Waals surface area (Å²) in [4.78, 5) is 21.5. The van der Waals surface area contributed by atoms with Gasteiger partial charge in [-0.05, 0) is 24.7 Å². The van der Waals surface area contributed by atoms with Crippen LogP contribution in [0.3, 0.4) is 0 Å². The van der Waals surface area contributed by atoms with Crippen LogP contribution in [-0.2, 0) is 9.59 Å². The summed E-state index contributed by atoms with van der Waals surface area (Å²) in [5.41, 5.74) is -1.65. The number of hydrogen-bond donors (Lipinski definition) is 2. The molecule has 0 saturated heterocycles. The highest BCUT2D eigenvalue weighted by atomic mass is 19.4. The van der Waals surface area contributed by atoms with Crippen LogP contribution in [0.15, 0.2) is 0 Å². The Labute approximate surface area is 82.4 Å². The lowest BCUT2D eigenvalue weighted by molar-refractivity contribution is -0.176. The van der Waals surface area contributed by atoms with E-state index in [2.05, 4.69) is 0 Å².